The predicted molar refractivity (Wildman–Crippen MR) is 204 cm³/mol. The van der Waals surface area contributed by atoms with Gasteiger partial charge in [-0.15, -0.1) is 33.4 Å². The fraction of sp³-hybridized carbons (Fsp3) is 0.0612. The maximum Gasteiger partial charge on any atom is 3.00 e. The van der Waals surface area contributed by atoms with E-state index in [1.807, 2.05) is 0 Å². The summed E-state index contributed by atoms with van der Waals surface area (Å²) in [7, 11) is 0. The van der Waals surface area contributed by atoms with E-state index in [9.17, 15) is 0 Å². The van der Waals surface area contributed by atoms with E-state index in [0.717, 1.165) is 11.6 Å². The zero-order chi connectivity index (χ0) is 32.6. The molecule has 0 bridgehead atoms. The standard InChI is InChI=1S/C49H35.2ClH.Zr/c1-5-19-34(20-6-1)44(35-21-7-2-8-22-35)48(45(36-23-9-3-10-24-36)37-25-11-4-12-26-37)49-46(38-27-13-14-28-38)42-32-18-17-31-41(42)43-33-39-29-15-16-30-40(39)47(43)49;;;/h1-27,29-32,44-45H,28H2;2*1H;/q-1;;;+3/p-2. The van der Waals surface area contributed by atoms with Crippen LogP contribution in [0.15, 0.2) is 188 Å². The first kappa shape index (κ1) is 37.2. The van der Waals surface area contributed by atoms with Crippen molar-refractivity contribution in [3.8, 4) is 0 Å². The molecule has 0 amide bonds. The van der Waals surface area contributed by atoms with Crippen molar-refractivity contribution >= 4 is 28.0 Å². The first-order valence-corrected chi connectivity index (χ1v) is 17.2. The minimum absolute atomic E-state index is 0. The van der Waals surface area contributed by atoms with Crippen molar-refractivity contribution in [2.24, 2.45) is 0 Å². The molecule has 7 aromatic rings. The van der Waals surface area contributed by atoms with Gasteiger partial charge in [-0.2, -0.15) is 0 Å². The molecule has 2 aliphatic carbocycles. The minimum atomic E-state index is -0.0282. The molecule has 7 aromatic carbocycles. The average molecular weight is 786 g/mol. The van der Waals surface area contributed by atoms with Gasteiger partial charge in [-0.3, -0.25) is 0 Å². The van der Waals surface area contributed by atoms with Crippen LogP contribution in [-0.2, 0) is 26.2 Å². The quantitative estimate of drug-likeness (QED) is 0.212. The Hall–Kier alpha value is -4.52. The zero-order valence-electron chi connectivity index (χ0n) is 28.5. The van der Waals surface area contributed by atoms with E-state index in [2.05, 4.69) is 194 Å². The number of fused-ring (bicyclic) bond motifs is 4. The van der Waals surface area contributed by atoms with Crippen LogP contribution in [-0.4, -0.2) is 0 Å². The summed E-state index contributed by atoms with van der Waals surface area (Å²) < 4.78 is 0. The van der Waals surface area contributed by atoms with Gasteiger partial charge in [0.2, 0.25) is 0 Å². The van der Waals surface area contributed by atoms with Crippen molar-refractivity contribution < 1.29 is 51.0 Å². The van der Waals surface area contributed by atoms with Crippen LogP contribution in [0.4, 0.5) is 0 Å². The van der Waals surface area contributed by atoms with E-state index in [-0.39, 0.29) is 62.9 Å². The molecule has 3 heteroatoms. The van der Waals surface area contributed by atoms with Crippen molar-refractivity contribution in [2.45, 2.75) is 18.3 Å². The molecule has 0 N–H and O–H groups in total. The van der Waals surface area contributed by atoms with Crippen molar-refractivity contribution in [3.63, 3.8) is 0 Å². The van der Waals surface area contributed by atoms with Crippen molar-refractivity contribution in [1.29, 1.82) is 0 Å². The van der Waals surface area contributed by atoms with Gasteiger partial charge in [-0.05, 0) is 56.0 Å². The Morgan fingerprint density at radius 3 is 1.42 bits per heavy atom. The molecule has 0 saturated carbocycles. The van der Waals surface area contributed by atoms with Crippen LogP contribution >= 0.6 is 0 Å². The summed E-state index contributed by atoms with van der Waals surface area (Å²) in [6.07, 6.45) is 11.7. The van der Waals surface area contributed by atoms with Crippen LogP contribution in [0.5, 0.6) is 0 Å². The molecule has 249 valence electrons. The molecule has 52 heavy (non-hydrogen) atoms. The minimum Gasteiger partial charge on any atom is -1.00 e. The first-order chi connectivity index (χ1) is 24.4. The topological polar surface area (TPSA) is 0 Å². The van der Waals surface area contributed by atoms with Gasteiger partial charge in [0.15, 0.2) is 0 Å². The number of rotatable bonds is 7. The van der Waals surface area contributed by atoms with Crippen LogP contribution in [0.2, 0.25) is 0 Å². The van der Waals surface area contributed by atoms with Crippen LogP contribution in [0, 0.1) is 10.4 Å². The van der Waals surface area contributed by atoms with E-state index in [4.69, 9.17) is 0 Å². The molecular formula is C49H35Cl2Zr. The monoisotopic (exact) mass is 783 g/mol. The fourth-order valence-corrected chi connectivity index (χ4v) is 8.18. The molecule has 0 fully saturated rings. The Balaban J connectivity index is 0.00000155. The number of benzene rings is 7. The number of halogens is 2. The molecular weight excluding hydrogens is 751 g/mol. The van der Waals surface area contributed by atoms with E-state index in [0.29, 0.717) is 0 Å². The molecule has 0 aromatic heterocycles. The van der Waals surface area contributed by atoms with Gasteiger partial charge < -0.3 is 24.8 Å². The maximum absolute atomic E-state index is 3.92. The van der Waals surface area contributed by atoms with Crippen LogP contribution in [0.1, 0.15) is 51.6 Å². The van der Waals surface area contributed by atoms with Crippen molar-refractivity contribution in [3.05, 3.63) is 242 Å². The summed E-state index contributed by atoms with van der Waals surface area (Å²) in [6.45, 7) is 0. The van der Waals surface area contributed by atoms with Gasteiger partial charge in [-0.1, -0.05) is 187 Å². The summed E-state index contributed by atoms with van der Waals surface area (Å²) in [6, 6.07) is 62.4. The SMILES string of the molecule is [C-]1=c2ccccc2=c2c1c1ccccc1c(C1=CC=CC1)c2=C(C(c1ccccc1)c1ccccc1)C(c1ccccc1)c1ccccc1.[Cl-].[Cl-].[Zr+3]. The summed E-state index contributed by atoms with van der Waals surface area (Å²) in [5.74, 6) is -0.0564. The summed E-state index contributed by atoms with van der Waals surface area (Å²) in [5, 5.41) is 7.57. The molecule has 0 atom stereocenters. The molecule has 1 radical (unpaired) electrons. The van der Waals surface area contributed by atoms with Crippen LogP contribution in [0.3, 0.4) is 0 Å². The number of hydrogen-bond acceptors (Lipinski definition) is 0. The van der Waals surface area contributed by atoms with Crippen molar-refractivity contribution in [1.82, 2.24) is 0 Å². The van der Waals surface area contributed by atoms with Gasteiger partial charge in [0.1, 0.15) is 0 Å². The third kappa shape index (κ3) is 6.63. The van der Waals surface area contributed by atoms with E-state index in [1.165, 1.54) is 71.0 Å². The summed E-state index contributed by atoms with van der Waals surface area (Å²) in [5.41, 5.74) is 10.4. The molecule has 0 unspecified atom stereocenters. The van der Waals surface area contributed by atoms with E-state index < -0.39 is 0 Å². The van der Waals surface area contributed by atoms with E-state index in [1.54, 1.807) is 0 Å². The van der Waals surface area contributed by atoms with Gasteiger partial charge >= 0.3 is 26.2 Å². The molecule has 0 aliphatic heterocycles. The molecule has 9 rings (SSSR count). The van der Waals surface area contributed by atoms with Gasteiger partial charge in [-0.25, -0.2) is 0 Å². The van der Waals surface area contributed by atoms with E-state index >= 15 is 0 Å². The Morgan fingerprint density at radius 2 is 0.942 bits per heavy atom. The number of allylic oxidation sites excluding steroid dienone is 4. The summed E-state index contributed by atoms with van der Waals surface area (Å²) >= 11 is 0. The average Bonchev–Trinajstić information content (AvgIpc) is 3.85. The Bertz CT molecular complexity index is 2450. The Kier molecular flexibility index (Phi) is 11.8. The second kappa shape index (κ2) is 16.4. The van der Waals surface area contributed by atoms with Crippen LogP contribution < -0.4 is 35.3 Å². The fourth-order valence-electron chi connectivity index (χ4n) is 8.18. The van der Waals surface area contributed by atoms with Gasteiger partial charge in [0, 0.05) is 11.8 Å². The molecule has 2 aliphatic rings. The Morgan fingerprint density at radius 1 is 0.500 bits per heavy atom. The van der Waals surface area contributed by atoms with Crippen molar-refractivity contribution in [2.75, 3.05) is 0 Å². The van der Waals surface area contributed by atoms with Crippen LogP contribution in [0.25, 0.3) is 28.0 Å². The molecule has 0 spiro atoms. The third-order valence-electron chi connectivity index (χ3n) is 10.2. The van der Waals surface area contributed by atoms with Gasteiger partial charge in [0.05, 0.1) is 0 Å². The summed E-state index contributed by atoms with van der Waals surface area (Å²) in [4.78, 5) is 0. The first-order valence-electron chi connectivity index (χ1n) is 17.2. The third-order valence-corrected chi connectivity index (χ3v) is 10.2. The second-order valence-electron chi connectivity index (χ2n) is 13.0. The second-order valence-corrected chi connectivity index (χ2v) is 13.0. The Labute approximate surface area is 337 Å². The largest absolute Gasteiger partial charge is 3.00 e. The van der Waals surface area contributed by atoms with Gasteiger partial charge in [0.25, 0.3) is 0 Å². The molecule has 0 nitrogen and oxygen atoms in total. The predicted octanol–water partition coefficient (Wildman–Crippen LogP) is 4.31. The normalized spacial score (nSPS) is 12.2. The number of hydrogen-bond donors (Lipinski definition) is 0. The smallest absolute Gasteiger partial charge is 1.00 e. The molecule has 0 heterocycles. The zero-order valence-corrected chi connectivity index (χ0v) is 32.5. The molecule has 0 saturated heterocycles. The maximum atomic E-state index is 3.92.